The largest absolute Gasteiger partial charge is 0.379 e. The van der Waals surface area contributed by atoms with Gasteiger partial charge in [0.05, 0.1) is 25.5 Å². The maximum atomic E-state index is 12.3. The van der Waals surface area contributed by atoms with Crippen molar-refractivity contribution in [2.45, 2.75) is 33.4 Å². The van der Waals surface area contributed by atoms with Crippen LogP contribution in [0.25, 0.3) is 0 Å². The summed E-state index contributed by atoms with van der Waals surface area (Å²) in [5, 5.41) is 6.35. The lowest BCUT2D eigenvalue weighted by atomic mass is 10.0. The smallest absolute Gasteiger partial charge is 0.213 e. The van der Waals surface area contributed by atoms with Crippen LogP contribution in [0.4, 0.5) is 0 Å². The van der Waals surface area contributed by atoms with Crippen molar-refractivity contribution >= 4 is 40.0 Å². The topological polar surface area (TPSA) is 95.1 Å². The van der Waals surface area contributed by atoms with Gasteiger partial charge in [-0.3, -0.25) is 9.89 Å². The third kappa shape index (κ3) is 11.0. The predicted molar refractivity (Wildman–Crippen MR) is 137 cm³/mol. The molecule has 2 rings (SSSR count). The number of guanidine groups is 1. The second-order valence-corrected chi connectivity index (χ2v) is 9.66. The number of sulfonamides is 1. The number of ether oxygens (including phenoxy) is 1. The first-order valence-corrected chi connectivity index (χ1v) is 12.4. The molecule has 31 heavy (non-hydrogen) atoms. The number of hydrogen-bond acceptors (Lipinski definition) is 5. The molecule has 0 amide bonds. The van der Waals surface area contributed by atoms with E-state index in [0.29, 0.717) is 37.6 Å². The Morgan fingerprint density at radius 2 is 1.84 bits per heavy atom. The average molecular weight is 568 g/mol. The van der Waals surface area contributed by atoms with Gasteiger partial charge in [-0.2, -0.15) is 0 Å². The Kier molecular flexibility index (Phi) is 13.6. The van der Waals surface area contributed by atoms with Gasteiger partial charge in [0.1, 0.15) is 0 Å². The summed E-state index contributed by atoms with van der Waals surface area (Å²) in [5.74, 6) is 1.10. The summed E-state index contributed by atoms with van der Waals surface area (Å²) in [7, 11) is -3.37. The zero-order valence-electron chi connectivity index (χ0n) is 18.8. The number of rotatable bonds is 11. The summed E-state index contributed by atoms with van der Waals surface area (Å²) in [6.07, 6.45) is 0. The summed E-state index contributed by atoms with van der Waals surface area (Å²) < 4.78 is 32.7. The Bertz CT molecular complexity index is 741. The molecule has 8 nitrogen and oxygen atoms in total. The molecule has 0 aromatic heterocycles. The fourth-order valence-electron chi connectivity index (χ4n) is 3.35. The molecule has 1 saturated heterocycles. The number of hydrogen-bond donors (Lipinski definition) is 3. The first-order chi connectivity index (χ1) is 14.4. The van der Waals surface area contributed by atoms with Crippen LogP contribution in [0.5, 0.6) is 0 Å². The Morgan fingerprint density at radius 1 is 1.16 bits per heavy atom. The van der Waals surface area contributed by atoms with Crippen molar-refractivity contribution in [3.05, 3.63) is 35.9 Å². The third-order valence-electron chi connectivity index (χ3n) is 5.07. The van der Waals surface area contributed by atoms with Crippen molar-refractivity contribution in [1.82, 2.24) is 20.3 Å². The van der Waals surface area contributed by atoms with Crippen molar-refractivity contribution in [3.8, 4) is 0 Å². The molecule has 1 aromatic rings. The highest BCUT2D eigenvalue weighted by atomic mass is 127. The minimum Gasteiger partial charge on any atom is -0.379 e. The molecule has 0 aliphatic carbocycles. The van der Waals surface area contributed by atoms with Gasteiger partial charge < -0.3 is 15.4 Å². The molecule has 3 N–H and O–H groups in total. The number of morpholine rings is 1. The van der Waals surface area contributed by atoms with Gasteiger partial charge in [-0.05, 0) is 18.4 Å². The van der Waals surface area contributed by atoms with Crippen molar-refractivity contribution in [2.24, 2.45) is 10.9 Å². The van der Waals surface area contributed by atoms with E-state index in [1.807, 2.05) is 37.3 Å². The molecule has 1 aliphatic heterocycles. The fourth-order valence-corrected chi connectivity index (χ4v) is 4.25. The molecule has 1 aliphatic rings. The molecule has 178 valence electrons. The first kappa shape index (κ1) is 28.1. The van der Waals surface area contributed by atoms with Crippen LogP contribution in [-0.4, -0.2) is 77.0 Å². The van der Waals surface area contributed by atoms with E-state index in [-0.39, 0.29) is 29.7 Å². The quantitative estimate of drug-likeness (QED) is 0.214. The Hall–Kier alpha value is -0.950. The lowest BCUT2D eigenvalue weighted by Gasteiger charge is -2.36. The van der Waals surface area contributed by atoms with Crippen molar-refractivity contribution < 1.29 is 13.2 Å². The van der Waals surface area contributed by atoms with Crippen molar-refractivity contribution in [3.63, 3.8) is 0 Å². The Morgan fingerprint density at radius 3 is 2.45 bits per heavy atom. The number of nitrogens with one attached hydrogen (secondary N) is 3. The Labute approximate surface area is 204 Å². The normalized spacial score (nSPS) is 16.6. The molecule has 1 unspecified atom stereocenters. The summed E-state index contributed by atoms with van der Waals surface area (Å²) in [5.41, 5.74) is 0.937. The maximum absolute atomic E-state index is 12.3. The van der Waals surface area contributed by atoms with Gasteiger partial charge in [-0.25, -0.2) is 13.1 Å². The van der Waals surface area contributed by atoms with Crippen LogP contribution in [-0.2, 0) is 21.3 Å². The van der Waals surface area contributed by atoms with E-state index < -0.39 is 10.0 Å². The lowest BCUT2D eigenvalue weighted by Crippen LogP contribution is -2.48. The molecule has 1 heterocycles. The summed E-state index contributed by atoms with van der Waals surface area (Å²) in [6, 6.07) is 9.83. The minimum atomic E-state index is -3.37. The summed E-state index contributed by atoms with van der Waals surface area (Å²) in [4.78, 5) is 7.15. The molecule has 0 spiro atoms. The number of benzene rings is 1. The Balaban J connectivity index is 0.00000480. The average Bonchev–Trinajstić information content (AvgIpc) is 2.74. The number of nitrogens with zero attached hydrogens (tertiary/aromatic N) is 2. The van der Waals surface area contributed by atoms with E-state index in [2.05, 4.69) is 34.1 Å². The van der Waals surface area contributed by atoms with Gasteiger partial charge in [0.2, 0.25) is 10.0 Å². The van der Waals surface area contributed by atoms with Gasteiger partial charge in [-0.15, -0.1) is 24.0 Å². The first-order valence-electron chi connectivity index (χ1n) is 10.8. The highest BCUT2D eigenvalue weighted by Crippen LogP contribution is 2.13. The lowest BCUT2D eigenvalue weighted by molar-refractivity contribution is 0.00867. The molecule has 0 saturated carbocycles. The molecule has 1 fully saturated rings. The van der Waals surface area contributed by atoms with E-state index in [9.17, 15) is 8.42 Å². The highest BCUT2D eigenvalue weighted by molar-refractivity contribution is 14.0. The van der Waals surface area contributed by atoms with E-state index in [1.54, 1.807) is 0 Å². The minimum absolute atomic E-state index is 0. The molecular formula is C21H38IN5O3S. The molecular weight excluding hydrogens is 529 g/mol. The zero-order valence-corrected chi connectivity index (χ0v) is 22.0. The molecule has 0 radical (unpaired) electrons. The summed E-state index contributed by atoms with van der Waals surface area (Å²) in [6.45, 7) is 11.8. The van der Waals surface area contributed by atoms with Crippen LogP contribution in [0.3, 0.4) is 0 Å². The fraction of sp³-hybridized carbons (Fsp3) is 0.667. The van der Waals surface area contributed by atoms with Crippen LogP contribution in [0, 0.1) is 5.92 Å². The maximum Gasteiger partial charge on any atom is 0.213 e. The number of halogens is 1. The number of aliphatic imine (C=N–C) groups is 1. The van der Waals surface area contributed by atoms with E-state index in [1.165, 1.54) is 0 Å². The van der Waals surface area contributed by atoms with Crippen LogP contribution in [0.2, 0.25) is 0 Å². The van der Waals surface area contributed by atoms with Crippen molar-refractivity contribution in [2.75, 3.05) is 51.7 Å². The van der Waals surface area contributed by atoms with Crippen molar-refractivity contribution in [1.29, 1.82) is 0 Å². The van der Waals surface area contributed by atoms with Crippen LogP contribution >= 0.6 is 24.0 Å². The van der Waals surface area contributed by atoms with Gasteiger partial charge >= 0.3 is 0 Å². The molecule has 1 atom stereocenters. The van der Waals surface area contributed by atoms with E-state index >= 15 is 0 Å². The second kappa shape index (κ2) is 15.0. The van der Waals surface area contributed by atoms with Gasteiger partial charge in [-0.1, -0.05) is 44.2 Å². The van der Waals surface area contributed by atoms with Crippen LogP contribution in [0.1, 0.15) is 26.3 Å². The predicted octanol–water partition coefficient (Wildman–Crippen LogP) is 1.64. The molecule has 0 bridgehead atoms. The third-order valence-corrected chi connectivity index (χ3v) is 6.39. The van der Waals surface area contributed by atoms with Gasteiger partial charge in [0.25, 0.3) is 0 Å². The summed E-state index contributed by atoms with van der Waals surface area (Å²) >= 11 is 0. The van der Waals surface area contributed by atoms with Crippen LogP contribution in [0.15, 0.2) is 35.3 Å². The second-order valence-electron chi connectivity index (χ2n) is 7.73. The monoisotopic (exact) mass is 567 g/mol. The molecule has 10 heteroatoms. The van der Waals surface area contributed by atoms with E-state index in [4.69, 9.17) is 9.73 Å². The zero-order chi connectivity index (χ0) is 21.8. The standard InChI is InChI=1S/C21H37N5O3S.HI/c1-4-22-21(24-17-20(18(2)3)26-11-13-29-14-12-26)23-10-15-30(27,28)25-16-19-8-6-5-7-9-19;/h5-9,18,20,25H,4,10-17H2,1-3H3,(H2,22,23,24);1H. The SMILES string of the molecule is CCNC(=NCC(C(C)C)N1CCOCC1)NCCS(=O)(=O)NCc1ccccc1.I. The highest BCUT2D eigenvalue weighted by Gasteiger charge is 2.23. The van der Waals surface area contributed by atoms with Crippen LogP contribution < -0.4 is 15.4 Å². The van der Waals surface area contributed by atoms with Gasteiger partial charge in [0.15, 0.2) is 5.96 Å². The van der Waals surface area contributed by atoms with Gasteiger partial charge in [0, 0.05) is 38.8 Å². The van der Waals surface area contributed by atoms with E-state index in [0.717, 1.165) is 38.4 Å². The molecule has 1 aromatic carbocycles.